The van der Waals surface area contributed by atoms with E-state index in [9.17, 15) is 5.11 Å². The van der Waals surface area contributed by atoms with Gasteiger partial charge in [0, 0.05) is 22.6 Å². The van der Waals surface area contributed by atoms with Crippen LogP contribution in [0, 0.1) is 5.92 Å². The van der Waals surface area contributed by atoms with E-state index in [0.717, 1.165) is 47.7 Å². The molecule has 3 rings (SSSR count). The summed E-state index contributed by atoms with van der Waals surface area (Å²) < 4.78 is 1.09. The van der Waals surface area contributed by atoms with Gasteiger partial charge in [-0.3, -0.25) is 4.98 Å². The summed E-state index contributed by atoms with van der Waals surface area (Å²) in [4.78, 5) is 4.49. The number of nitrogens with one attached hydrogen (secondary N) is 1. The van der Waals surface area contributed by atoms with Gasteiger partial charge in [-0.1, -0.05) is 28.1 Å². The van der Waals surface area contributed by atoms with Crippen LogP contribution in [0.15, 0.2) is 34.9 Å². The zero-order valence-corrected chi connectivity index (χ0v) is 12.9. The van der Waals surface area contributed by atoms with Gasteiger partial charge in [0.25, 0.3) is 0 Å². The van der Waals surface area contributed by atoms with Crippen LogP contribution in [0.2, 0.25) is 0 Å². The van der Waals surface area contributed by atoms with Crippen molar-refractivity contribution >= 4 is 26.8 Å². The Morgan fingerprint density at radius 1 is 1.30 bits per heavy atom. The van der Waals surface area contributed by atoms with Crippen LogP contribution in [0.1, 0.15) is 24.8 Å². The van der Waals surface area contributed by atoms with E-state index in [2.05, 4.69) is 44.4 Å². The number of nitrogens with zero attached hydrogens (tertiary/aromatic N) is 1. The molecule has 20 heavy (non-hydrogen) atoms. The second kappa shape index (κ2) is 6.20. The van der Waals surface area contributed by atoms with Crippen LogP contribution in [0.5, 0.6) is 0 Å². The van der Waals surface area contributed by atoms with E-state index < -0.39 is 0 Å². The molecular formula is C16H19BrN2O. The molecule has 0 amide bonds. The number of halogens is 1. The molecular weight excluding hydrogens is 316 g/mol. The molecule has 1 saturated carbocycles. The Labute approximate surface area is 127 Å². The van der Waals surface area contributed by atoms with Crippen molar-refractivity contribution in [3.8, 4) is 0 Å². The topological polar surface area (TPSA) is 45.1 Å². The number of aromatic nitrogens is 1. The second-order valence-corrected chi connectivity index (χ2v) is 6.42. The fraction of sp³-hybridized carbons (Fsp3) is 0.438. The molecule has 1 aromatic carbocycles. The number of fused-ring (bicyclic) bond motifs is 1. The highest BCUT2D eigenvalue weighted by Crippen LogP contribution is 2.26. The van der Waals surface area contributed by atoms with Gasteiger partial charge in [0.2, 0.25) is 0 Å². The molecule has 0 radical (unpaired) electrons. The molecule has 1 aliphatic carbocycles. The molecule has 106 valence electrons. The Hall–Kier alpha value is -0.970. The smallest absolute Gasteiger partial charge is 0.0758 e. The van der Waals surface area contributed by atoms with Crippen LogP contribution in [0.4, 0.5) is 0 Å². The van der Waals surface area contributed by atoms with E-state index in [0.29, 0.717) is 5.92 Å². The van der Waals surface area contributed by atoms with Crippen LogP contribution in [0.25, 0.3) is 10.9 Å². The first-order chi connectivity index (χ1) is 9.74. The van der Waals surface area contributed by atoms with Crippen LogP contribution in [0.3, 0.4) is 0 Å². The van der Waals surface area contributed by atoms with Gasteiger partial charge >= 0.3 is 0 Å². The number of aliphatic hydroxyl groups is 1. The summed E-state index contributed by atoms with van der Waals surface area (Å²) in [6, 6.07) is 8.25. The van der Waals surface area contributed by atoms with E-state index >= 15 is 0 Å². The minimum Gasteiger partial charge on any atom is -0.393 e. The molecule has 0 aliphatic heterocycles. The summed E-state index contributed by atoms with van der Waals surface area (Å²) in [5.74, 6) is 0.611. The van der Waals surface area contributed by atoms with Gasteiger partial charge in [-0.25, -0.2) is 0 Å². The largest absolute Gasteiger partial charge is 0.393 e. The number of hydrogen-bond acceptors (Lipinski definition) is 3. The Morgan fingerprint density at radius 3 is 3.00 bits per heavy atom. The lowest BCUT2D eigenvalue weighted by Crippen LogP contribution is -2.21. The summed E-state index contributed by atoms with van der Waals surface area (Å²) in [6.07, 6.45) is 4.78. The molecule has 1 fully saturated rings. The minimum absolute atomic E-state index is 0.0861. The van der Waals surface area contributed by atoms with E-state index in [1.54, 1.807) is 0 Å². The molecule has 3 nitrogen and oxygen atoms in total. The third-order valence-corrected chi connectivity index (χ3v) is 4.75. The number of aliphatic hydroxyl groups excluding tert-OH is 1. The van der Waals surface area contributed by atoms with E-state index in [-0.39, 0.29) is 6.10 Å². The summed E-state index contributed by atoms with van der Waals surface area (Å²) >= 11 is 3.57. The number of rotatable bonds is 4. The van der Waals surface area contributed by atoms with Crippen molar-refractivity contribution in [3.05, 3.63) is 40.5 Å². The van der Waals surface area contributed by atoms with Crippen LogP contribution >= 0.6 is 15.9 Å². The van der Waals surface area contributed by atoms with Crippen molar-refractivity contribution < 1.29 is 5.11 Å². The minimum atomic E-state index is -0.0861. The van der Waals surface area contributed by atoms with Crippen LogP contribution in [-0.4, -0.2) is 22.7 Å². The summed E-state index contributed by atoms with van der Waals surface area (Å²) in [7, 11) is 0. The van der Waals surface area contributed by atoms with Gasteiger partial charge in [0.15, 0.2) is 0 Å². The van der Waals surface area contributed by atoms with E-state index in [1.165, 1.54) is 5.56 Å². The quantitative estimate of drug-likeness (QED) is 0.902. The Balaban J connectivity index is 1.67. The highest BCUT2D eigenvalue weighted by molar-refractivity contribution is 9.10. The molecule has 0 bridgehead atoms. The van der Waals surface area contributed by atoms with Gasteiger partial charge in [0.1, 0.15) is 0 Å². The summed E-state index contributed by atoms with van der Waals surface area (Å²) in [5.41, 5.74) is 2.28. The number of benzene rings is 1. The van der Waals surface area contributed by atoms with Crippen LogP contribution < -0.4 is 5.32 Å². The highest BCUT2D eigenvalue weighted by Gasteiger charge is 2.22. The summed E-state index contributed by atoms with van der Waals surface area (Å²) in [5, 5.41) is 14.2. The molecule has 4 heteroatoms. The van der Waals surface area contributed by atoms with Crippen molar-refractivity contribution in [1.29, 1.82) is 0 Å². The molecule has 0 saturated heterocycles. The zero-order chi connectivity index (χ0) is 13.9. The summed E-state index contributed by atoms with van der Waals surface area (Å²) in [6.45, 7) is 1.80. The normalized spacial score (nSPS) is 22.5. The molecule has 2 aromatic rings. The van der Waals surface area contributed by atoms with Crippen molar-refractivity contribution in [2.75, 3.05) is 6.54 Å². The van der Waals surface area contributed by atoms with Crippen molar-refractivity contribution in [2.45, 2.75) is 31.9 Å². The first-order valence-corrected chi connectivity index (χ1v) is 7.94. The SMILES string of the molecule is OC1CCC(CNCc2ccc(Br)c3cccnc23)C1. The van der Waals surface area contributed by atoms with Gasteiger partial charge in [-0.15, -0.1) is 0 Å². The lowest BCUT2D eigenvalue weighted by molar-refractivity contribution is 0.177. The Morgan fingerprint density at radius 2 is 2.20 bits per heavy atom. The Bertz CT molecular complexity index is 602. The van der Waals surface area contributed by atoms with E-state index in [1.807, 2.05) is 12.3 Å². The Kier molecular flexibility index (Phi) is 4.34. The molecule has 2 atom stereocenters. The van der Waals surface area contributed by atoms with Gasteiger partial charge < -0.3 is 10.4 Å². The van der Waals surface area contributed by atoms with Crippen molar-refractivity contribution in [2.24, 2.45) is 5.92 Å². The maximum atomic E-state index is 9.54. The molecule has 1 aromatic heterocycles. The first kappa shape index (κ1) is 14.0. The van der Waals surface area contributed by atoms with Crippen molar-refractivity contribution in [3.63, 3.8) is 0 Å². The fourth-order valence-electron chi connectivity index (χ4n) is 2.98. The average molecular weight is 335 g/mol. The maximum absolute atomic E-state index is 9.54. The predicted octanol–water partition coefficient (Wildman–Crippen LogP) is 3.25. The monoisotopic (exact) mass is 334 g/mol. The van der Waals surface area contributed by atoms with Gasteiger partial charge in [0.05, 0.1) is 11.6 Å². The van der Waals surface area contributed by atoms with Gasteiger partial charge in [-0.05, 0) is 49.4 Å². The van der Waals surface area contributed by atoms with Crippen LogP contribution in [-0.2, 0) is 6.54 Å². The number of hydrogen-bond donors (Lipinski definition) is 2. The molecule has 1 aliphatic rings. The first-order valence-electron chi connectivity index (χ1n) is 7.15. The molecule has 2 unspecified atom stereocenters. The van der Waals surface area contributed by atoms with Crippen molar-refractivity contribution in [1.82, 2.24) is 10.3 Å². The third kappa shape index (κ3) is 3.03. The average Bonchev–Trinajstić information content (AvgIpc) is 2.87. The molecule has 2 N–H and O–H groups in total. The zero-order valence-electron chi connectivity index (χ0n) is 11.3. The predicted molar refractivity (Wildman–Crippen MR) is 84.5 cm³/mol. The maximum Gasteiger partial charge on any atom is 0.0758 e. The van der Waals surface area contributed by atoms with E-state index in [4.69, 9.17) is 0 Å². The second-order valence-electron chi connectivity index (χ2n) is 5.57. The molecule has 1 heterocycles. The third-order valence-electron chi connectivity index (χ3n) is 4.06. The lowest BCUT2D eigenvalue weighted by atomic mass is 10.1. The fourth-order valence-corrected chi connectivity index (χ4v) is 3.44. The lowest BCUT2D eigenvalue weighted by Gasteiger charge is -2.12. The van der Waals surface area contributed by atoms with Gasteiger partial charge in [-0.2, -0.15) is 0 Å². The molecule has 0 spiro atoms. The standard InChI is InChI=1S/C16H19BrN2O/c17-15-6-4-12(16-14(15)2-1-7-19-16)10-18-9-11-3-5-13(20)8-11/h1-2,4,6-7,11,13,18,20H,3,5,8-10H2. The highest BCUT2D eigenvalue weighted by atomic mass is 79.9. The number of pyridine rings is 1.